The van der Waals surface area contributed by atoms with Crippen molar-refractivity contribution in [1.82, 2.24) is 10.2 Å². The fraction of sp³-hybridized carbons (Fsp3) is 0.250. The number of nitrogens with one attached hydrogen (secondary N) is 2. The number of carbonyl (C=O) groups is 1. The topological polar surface area (TPSA) is 78.3 Å². The normalized spacial score (nSPS) is 22.4. The number of amides is 1. The van der Waals surface area contributed by atoms with Gasteiger partial charge in [-0.2, -0.15) is 0 Å². The van der Waals surface area contributed by atoms with Crippen molar-refractivity contribution in [3.63, 3.8) is 0 Å². The summed E-state index contributed by atoms with van der Waals surface area (Å²) in [5, 5.41) is 6.65. The first kappa shape index (κ1) is 22.7. The fourth-order valence-corrected chi connectivity index (χ4v) is 5.94. The Morgan fingerprint density at radius 1 is 1.11 bits per heavy atom. The van der Waals surface area contributed by atoms with Crippen LogP contribution in [-0.2, 0) is 5.54 Å². The van der Waals surface area contributed by atoms with E-state index >= 15 is 0 Å². The van der Waals surface area contributed by atoms with Crippen LogP contribution in [-0.4, -0.2) is 49.2 Å². The minimum atomic E-state index is -0.537. The molecule has 0 bridgehead atoms. The van der Waals surface area contributed by atoms with Crippen LogP contribution in [0.1, 0.15) is 27.0 Å². The van der Waals surface area contributed by atoms with Gasteiger partial charge in [-0.25, -0.2) is 9.98 Å². The highest BCUT2D eigenvalue weighted by Crippen LogP contribution is 2.45. The first-order chi connectivity index (χ1) is 17.6. The van der Waals surface area contributed by atoms with Crippen LogP contribution >= 0.6 is 11.3 Å². The van der Waals surface area contributed by atoms with Crippen molar-refractivity contribution >= 4 is 41.2 Å². The molecular weight excluding hydrogens is 470 g/mol. The molecule has 1 amide bonds. The third kappa shape index (κ3) is 4.34. The second kappa shape index (κ2) is 9.37. The highest BCUT2D eigenvalue weighted by atomic mass is 32.1. The van der Waals surface area contributed by atoms with Gasteiger partial charge in [0.15, 0.2) is 0 Å². The minimum Gasteiger partial charge on any atom is -0.457 e. The van der Waals surface area contributed by atoms with E-state index in [0.29, 0.717) is 5.96 Å². The SMILES string of the molecule is CC12N=C(Nc3cccc(Oc4ccccc4)c3)N=CC1C=Cc1sc(C(=O)N3CCNCC3)cc12. The standard InChI is InChI=1S/C28H27N5O2S/c1-28-19(10-11-24-23(28)17-25(36-24)26(34)33-14-12-29-13-15-33)18-30-27(32-28)31-20-6-5-9-22(16-20)35-21-7-3-2-4-8-21/h2-11,16-19,29H,12-15H2,1H3,(H,31,32). The average molecular weight is 498 g/mol. The van der Waals surface area contributed by atoms with Crippen LogP contribution in [0.15, 0.2) is 76.7 Å². The lowest BCUT2D eigenvalue weighted by Gasteiger charge is -2.35. The molecule has 0 saturated carbocycles. The van der Waals surface area contributed by atoms with Gasteiger partial charge in [0.2, 0.25) is 5.96 Å². The third-order valence-electron chi connectivity index (χ3n) is 6.79. The number of nitrogens with zero attached hydrogens (tertiary/aromatic N) is 3. The minimum absolute atomic E-state index is 0.0278. The lowest BCUT2D eigenvalue weighted by molar-refractivity contribution is 0.0740. The van der Waals surface area contributed by atoms with Crippen molar-refractivity contribution in [3.05, 3.63) is 82.1 Å². The number of anilines is 1. The summed E-state index contributed by atoms with van der Waals surface area (Å²) in [6, 6.07) is 19.5. The molecule has 2 aliphatic heterocycles. The van der Waals surface area contributed by atoms with Crippen LogP contribution in [0.5, 0.6) is 11.5 Å². The number of para-hydroxylation sites is 1. The summed E-state index contributed by atoms with van der Waals surface area (Å²) in [5.41, 5.74) is 1.38. The molecule has 1 fully saturated rings. The predicted molar refractivity (Wildman–Crippen MR) is 145 cm³/mol. The number of hydrogen-bond acceptors (Lipinski definition) is 7. The van der Waals surface area contributed by atoms with Crippen LogP contribution < -0.4 is 15.4 Å². The van der Waals surface area contributed by atoms with Crippen LogP contribution in [0.4, 0.5) is 5.69 Å². The van der Waals surface area contributed by atoms with Crippen molar-refractivity contribution in [2.45, 2.75) is 12.5 Å². The number of hydrogen-bond donors (Lipinski definition) is 2. The Labute approximate surface area is 214 Å². The predicted octanol–water partition coefficient (Wildman–Crippen LogP) is 5.00. The van der Waals surface area contributed by atoms with Gasteiger partial charge in [0.05, 0.1) is 10.4 Å². The Bertz CT molecular complexity index is 1370. The number of rotatable bonds is 4. The van der Waals surface area contributed by atoms with Gasteiger partial charge in [0.25, 0.3) is 5.91 Å². The molecule has 2 atom stereocenters. The summed E-state index contributed by atoms with van der Waals surface area (Å²) in [5.74, 6) is 2.18. The zero-order valence-electron chi connectivity index (χ0n) is 20.0. The van der Waals surface area contributed by atoms with Crippen molar-refractivity contribution in [2.75, 3.05) is 31.5 Å². The first-order valence-electron chi connectivity index (χ1n) is 12.1. The highest BCUT2D eigenvalue weighted by Gasteiger charge is 2.41. The van der Waals surface area contributed by atoms with Gasteiger partial charge < -0.3 is 20.3 Å². The molecule has 0 radical (unpaired) electrons. The molecule has 1 aliphatic carbocycles. The molecule has 7 nitrogen and oxygen atoms in total. The molecule has 2 unspecified atom stereocenters. The van der Waals surface area contributed by atoms with Gasteiger partial charge in [-0.15, -0.1) is 11.3 Å². The van der Waals surface area contributed by atoms with E-state index in [1.807, 2.05) is 71.8 Å². The van der Waals surface area contributed by atoms with E-state index in [-0.39, 0.29) is 11.8 Å². The van der Waals surface area contributed by atoms with Gasteiger partial charge in [0, 0.05) is 54.9 Å². The van der Waals surface area contributed by atoms with E-state index in [4.69, 9.17) is 9.73 Å². The highest BCUT2D eigenvalue weighted by molar-refractivity contribution is 7.15. The van der Waals surface area contributed by atoms with E-state index in [9.17, 15) is 4.79 Å². The largest absolute Gasteiger partial charge is 0.457 e. The Morgan fingerprint density at radius 2 is 1.92 bits per heavy atom. The van der Waals surface area contributed by atoms with Crippen LogP contribution in [0.25, 0.3) is 6.08 Å². The van der Waals surface area contributed by atoms with E-state index in [1.54, 1.807) is 11.3 Å². The van der Waals surface area contributed by atoms with E-state index in [0.717, 1.165) is 58.7 Å². The number of carbonyl (C=O) groups excluding carboxylic acids is 1. The molecule has 6 rings (SSSR count). The monoisotopic (exact) mass is 497 g/mol. The first-order valence-corrected chi connectivity index (χ1v) is 13.0. The Balaban J connectivity index is 1.24. The zero-order chi connectivity index (χ0) is 24.5. The van der Waals surface area contributed by atoms with Crippen molar-refractivity contribution in [1.29, 1.82) is 0 Å². The second-order valence-electron chi connectivity index (χ2n) is 9.24. The molecule has 182 valence electrons. The summed E-state index contributed by atoms with van der Waals surface area (Å²) < 4.78 is 5.97. The molecule has 8 heteroatoms. The molecule has 36 heavy (non-hydrogen) atoms. The zero-order valence-corrected chi connectivity index (χ0v) is 20.8. The number of piperazine rings is 1. The molecular formula is C28H27N5O2S. The lowest BCUT2D eigenvalue weighted by Crippen LogP contribution is -2.46. The third-order valence-corrected chi connectivity index (χ3v) is 7.88. The van der Waals surface area contributed by atoms with Crippen molar-refractivity contribution in [2.24, 2.45) is 15.9 Å². The summed E-state index contributed by atoms with van der Waals surface area (Å²) in [4.78, 5) is 26.6. The number of fused-ring (bicyclic) bond motifs is 3. The number of aliphatic imine (C=N–C) groups is 2. The summed E-state index contributed by atoms with van der Waals surface area (Å²) in [6.07, 6.45) is 6.18. The van der Waals surface area contributed by atoms with Gasteiger partial charge in [0.1, 0.15) is 11.5 Å². The maximum Gasteiger partial charge on any atom is 0.264 e. The molecule has 0 spiro atoms. The number of benzene rings is 2. The second-order valence-corrected chi connectivity index (χ2v) is 10.3. The van der Waals surface area contributed by atoms with E-state index < -0.39 is 5.54 Å². The Kier molecular flexibility index (Phi) is 5.91. The molecule has 2 aromatic carbocycles. The van der Waals surface area contributed by atoms with Gasteiger partial charge in [-0.1, -0.05) is 30.3 Å². The Morgan fingerprint density at radius 3 is 2.75 bits per heavy atom. The number of thiophene rings is 1. The number of guanidine groups is 1. The quantitative estimate of drug-likeness (QED) is 0.532. The summed E-state index contributed by atoms with van der Waals surface area (Å²) in [6.45, 7) is 5.27. The van der Waals surface area contributed by atoms with Crippen molar-refractivity contribution in [3.8, 4) is 11.5 Å². The lowest BCUT2D eigenvalue weighted by atomic mass is 9.77. The molecule has 3 aromatic rings. The van der Waals surface area contributed by atoms with Crippen molar-refractivity contribution < 1.29 is 9.53 Å². The van der Waals surface area contributed by atoms with Gasteiger partial charge in [-0.3, -0.25) is 4.79 Å². The maximum absolute atomic E-state index is 13.1. The number of ether oxygens (including phenoxy) is 1. The molecule has 1 saturated heterocycles. The van der Waals surface area contributed by atoms with E-state index in [2.05, 4.69) is 34.7 Å². The van der Waals surface area contributed by atoms with Gasteiger partial charge in [-0.05, 0) is 48.9 Å². The molecule has 3 aliphatic rings. The summed E-state index contributed by atoms with van der Waals surface area (Å²) >= 11 is 1.55. The fourth-order valence-electron chi connectivity index (χ4n) is 4.79. The average Bonchev–Trinajstić information content (AvgIpc) is 3.35. The van der Waals surface area contributed by atoms with Crippen LogP contribution in [0, 0.1) is 5.92 Å². The van der Waals surface area contributed by atoms with Gasteiger partial charge >= 0.3 is 0 Å². The molecule has 3 heterocycles. The molecule has 1 aromatic heterocycles. The summed E-state index contributed by atoms with van der Waals surface area (Å²) in [7, 11) is 0. The molecule has 2 N–H and O–H groups in total. The van der Waals surface area contributed by atoms with Crippen LogP contribution in [0.3, 0.4) is 0 Å². The van der Waals surface area contributed by atoms with Crippen LogP contribution in [0.2, 0.25) is 0 Å². The maximum atomic E-state index is 13.1. The Hall–Kier alpha value is -3.75. The van der Waals surface area contributed by atoms with E-state index in [1.165, 1.54) is 0 Å². The smallest absolute Gasteiger partial charge is 0.264 e.